The molecule has 0 aliphatic rings. The van der Waals surface area contributed by atoms with E-state index in [0.29, 0.717) is 39.2 Å². The van der Waals surface area contributed by atoms with Crippen LogP contribution >= 0.6 is 0 Å². The fourth-order valence-corrected chi connectivity index (χ4v) is 4.30. The van der Waals surface area contributed by atoms with Gasteiger partial charge in [0, 0.05) is 48.4 Å². The van der Waals surface area contributed by atoms with Crippen molar-refractivity contribution in [2.45, 2.75) is 13.3 Å². The number of nitrogens with zero attached hydrogens (tertiary/aromatic N) is 5. The maximum absolute atomic E-state index is 15.3. The molecule has 188 valence electrons. The van der Waals surface area contributed by atoms with Crippen LogP contribution in [0, 0.1) is 12.7 Å². The number of alkyl halides is 2. The van der Waals surface area contributed by atoms with Crippen molar-refractivity contribution in [1.82, 2.24) is 24.5 Å². The van der Waals surface area contributed by atoms with E-state index < -0.39 is 12.2 Å². The van der Waals surface area contributed by atoms with Crippen LogP contribution in [0.5, 0.6) is 11.8 Å². The molecule has 0 unspecified atom stereocenters. The van der Waals surface area contributed by atoms with Gasteiger partial charge in [-0.2, -0.15) is 0 Å². The van der Waals surface area contributed by atoms with Crippen LogP contribution in [-0.2, 0) is 7.05 Å². The summed E-state index contributed by atoms with van der Waals surface area (Å²) in [5.41, 5.74) is 9.12. The zero-order chi connectivity index (χ0) is 26.3. The summed E-state index contributed by atoms with van der Waals surface area (Å²) in [5, 5.41) is 3.30. The van der Waals surface area contributed by atoms with Gasteiger partial charge in [0.2, 0.25) is 0 Å². The van der Waals surface area contributed by atoms with E-state index in [4.69, 9.17) is 10.5 Å². The molecule has 0 atom stereocenters. The second kappa shape index (κ2) is 9.41. The molecule has 37 heavy (non-hydrogen) atoms. The summed E-state index contributed by atoms with van der Waals surface area (Å²) >= 11 is 0. The van der Waals surface area contributed by atoms with Crippen molar-refractivity contribution in [2.75, 3.05) is 18.1 Å². The lowest BCUT2D eigenvalue weighted by molar-refractivity contribution is 0.152. The maximum atomic E-state index is 15.3. The predicted molar refractivity (Wildman–Crippen MR) is 135 cm³/mol. The third-order valence-electron chi connectivity index (χ3n) is 6.02. The molecular weight excluding hydrogens is 483 g/mol. The molecule has 5 rings (SSSR count). The lowest BCUT2D eigenvalue weighted by Crippen LogP contribution is -2.00. The monoisotopic (exact) mass is 505 g/mol. The zero-order valence-corrected chi connectivity index (χ0v) is 20.1. The highest BCUT2D eigenvalue weighted by atomic mass is 19.3. The summed E-state index contributed by atoms with van der Waals surface area (Å²) in [6, 6.07) is 10.7. The van der Waals surface area contributed by atoms with E-state index in [1.165, 1.54) is 30.7 Å². The quantitative estimate of drug-likeness (QED) is 0.296. The van der Waals surface area contributed by atoms with Crippen molar-refractivity contribution in [3.63, 3.8) is 0 Å². The standard InChI is InChI=1S/C26H22F3N7O/c1-13-8-9-32-26(35-13)37-19-7-4-14(10-18(19)27)20-21-24(30)33-12-34-25(21)36(3)22(20)16-6-5-15(31-2)11-17(16)23(28)29/h4-12,23,31H,1-3H3,(H2,30,33,34). The number of ether oxygens (including phenoxy) is 1. The van der Waals surface area contributed by atoms with Gasteiger partial charge < -0.3 is 20.4 Å². The Bertz CT molecular complexity index is 1630. The van der Waals surface area contributed by atoms with Gasteiger partial charge in [-0.25, -0.2) is 33.1 Å². The smallest absolute Gasteiger partial charge is 0.322 e. The molecule has 0 aliphatic heterocycles. The first-order chi connectivity index (χ1) is 17.8. The number of aryl methyl sites for hydroxylation is 2. The van der Waals surface area contributed by atoms with Crippen LogP contribution in [0.25, 0.3) is 33.4 Å². The number of nitrogen functional groups attached to an aromatic ring is 1. The Morgan fingerprint density at radius 2 is 1.86 bits per heavy atom. The van der Waals surface area contributed by atoms with Crippen molar-refractivity contribution in [2.24, 2.45) is 7.05 Å². The van der Waals surface area contributed by atoms with Gasteiger partial charge in [-0.15, -0.1) is 0 Å². The molecule has 0 saturated heterocycles. The van der Waals surface area contributed by atoms with E-state index >= 15 is 4.39 Å². The Labute approximate surface area is 210 Å². The number of benzene rings is 2. The molecule has 0 saturated carbocycles. The fraction of sp³-hybridized carbons (Fsp3) is 0.154. The Kier molecular flexibility index (Phi) is 6.12. The molecule has 3 aromatic heterocycles. The number of hydrogen-bond donors (Lipinski definition) is 2. The summed E-state index contributed by atoms with van der Waals surface area (Å²) in [6.45, 7) is 1.76. The van der Waals surface area contributed by atoms with E-state index in [-0.39, 0.29) is 28.7 Å². The summed E-state index contributed by atoms with van der Waals surface area (Å²) in [5.74, 6) is -0.645. The summed E-state index contributed by atoms with van der Waals surface area (Å²) in [4.78, 5) is 16.5. The lowest BCUT2D eigenvalue weighted by atomic mass is 9.95. The first kappa shape index (κ1) is 24.0. The van der Waals surface area contributed by atoms with Gasteiger partial charge in [-0.05, 0) is 42.8 Å². The third-order valence-corrected chi connectivity index (χ3v) is 6.02. The van der Waals surface area contributed by atoms with Gasteiger partial charge in [-0.1, -0.05) is 12.1 Å². The minimum Gasteiger partial charge on any atom is -0.421 e. The number of aromatic nitrogens is 5. The van der Waals surface area contributed by atoms with Crippen LogP contribution < -0.4 is 15.8 Å². The number of anilines is 2. The van der Waals surface area contributed by atoms with Crippen LogP contribution in [0.1, 0.15) is 17.7 Å². The Hall–Kier alpha value is -4.67. The molecule has 0 amide bonds. The Morgan fingerprint density at radius 1 is 1.05 bits per heavy atom. The SMILES string of the molecule is CNc1ccc(-c2c(-c3ccc(Oc4nccc(C)n4)c(F)c3)c3c(N)ncnc3n2C)c(C(F)F)c1. The minimum absolute atomic E-state index is 0.00124. The van der Waals surface area contributed by atoms with Gasteiger partial charge in [0.15, 0.2) is 11.6 Å². The molecule has 11 heteroatoms. The molecule has 5 aromatic rings. The highest BCUT2D eigenvalue weighted by molar-refractivity contribution is 6.08. The van der Waals surface area contributed by atoms with Crippen LogP contribution in [0.2, 0.25) is 0 Å². The summed E-state index contributed by atoms with van der Waals surface area (Å²) in [7, 11) is 3.34. The van der Waals surface area contributed by atoms with Crippen LogP contribution in [-0.4, -0.2) is 31.6 Å². The van der Waals surface area contributed by atoms with E-state index in [2.05, 4.69) is 25.3 Å². The molecule has 3 heterocycles. The first-order valence-corrected chi connectivity index (χ1v) is 11.2. The Balaban J connectivity index is 1.73. The highest BCUT2D eigenvalue weighted by Gasteiger charge is 2.26. The van der Waals surface area contributed by atoms with Crippen molar-refractivity contribution in [3.05, 3.63) is 72.1 Å². The Morgan fingerprint density at radius 3 is 2.57 bits per heavy atom. The second-order valence-corrected chi connectivity index (χ2v) is 8.32. The van der Waals surface area contributed by atoms with Gasteiger partial charge >= 0.3 is 6.01 Å². The number of nitrogens with one attached hydrogen (secondary N) is 1. The molecule has 0 bridgehead atoms. The second-order valence-electron chi connectivity index (χ2n) is 8.32. The molecule has 0 radical (unpaired) electrons. The van der Waals surface area contributed by atoms with Gasteiger partial charge in [0.1, 0.15) is 17.8 Å². The number of rotatable bonds is 6. The largest absolute Gasteiger partial charge is 0.421 e. The zero-order valence-electron chi connectivity index (χ0n) is 20.1. The van der Waals surface area contributed by atoms with Crippen molar-refractivity contribution >= 4 is 22.5 Å². The van der Waals surface area contributed by atoms with Crippen LogP contribution in [0.15, 0.2) is 55.0 Å². The van der Waals surface area contributed by atoms with E-state index in [1.54, 1.807) is 49.9 Å². The van der Waals surface area contributed by atoms with Crippen molar-refractivity contribution in [1.29, 1.82) is 0 Å². The summed E-state index contributed by atoms with van der Waals surface area (Å²) < 4.78 is 50.9. The molecule has 0 fully saturated rings. The fourth-order valence-electron chi connectivity index (χ4n) is 4.30. The normalized spacial score (nSPS) is 11.3. The molecular formula is C26H22F3N7O. The molecule has 2 aromatic carbocycles. The molecule has 8 nitrogen and oxygen atoms in total. The number of nitrogens with two attached hydrogens (primary N) is 1. The first-order valence-electron chi connectivity index (χ1n) is 11.2. The van der Waals surface area contributed by atoms with Crippen molar-refractivity contribution < 1.29 is 17.9 Å². The maximum Gasteiger partial charge on any atom is 0.322 e. The minimum atomic E-state index is -2.76. The number of hydrogen-bond acceptors (Lipinski definition) is 7. The number of halogens is 3. The van der Waals surface area contributed by atoms with E-state index in [1.807, 2.05) is 0 Å². The van der Waals surface area contributed by atoms with Gasteiger partial charge in [0.05, 0.1) is 11.1 Å². The highest BCUT2D eigenvalue weighted by Crippen LogP contribution is 2.45. The van der Waals surface area contributed by atoms with Crippen molar-refractivity contribution in [3.8, 4) is 34.1 Å². The molecule has 3 N–H and O–H groups in total. The van der Waals surface area contributed by atoms with Gasteiger partial charge in [-0.3, -0.25) is 0 Å². The van der Waals surface area contributed by atoms with E-state index in [9.17, 15) is 8.78 Å². The third kappa shape index (κ3) is 4.28. The summed E-state index contributed by atoms with van der Waals surface area (Å²) in [6.07, 6.45) is 0.0389. The average Bonchev–Trinajstić information content (AvgIpc) is 3.18. The predicted octanol–water partition coefficient (Wildman–Crippen LogP) is 5.89. The average molecular weight is 506 g/mol. The molecule has 0 spiro atoms. The van der Waals surface area contributed by atoms with E-state index in [0.717, 1.165) is 0 Å². The molecule has 0 aliphatic carbocycles. The van der Waals surface area contributed by atoms with Crippen LogP contribution in [0.3, 0.4) is 0 Å². The van der Waals surface area contributed by atoms with Gasteiger partial charge in [0.25, 0.3) is 6.43 Å². The number of fused-ring (bicyclic) bond motifs is 1. The van der Waals surface area contributed by atoms with Crippen LogP contribution in [0.4, 0.5) is 24.7 Å². The lowest BCUT2D eigenvalue weighted by Gasteiger charge is -2.15. The topological polar surface area (TPSA) is 104 Å².